The first kappa shape index (κ1) is 21.9. The van der Waals surface area contributed by atoms with Crippen molar-refractivity contribution in [3.05, 3.63) is 75.7 Å². The van der Waals surface area contributed by atoms with E-state index in [-0.39, 0.29) is 5.92 Å². The molecule has 4 nitrogen and oxygen atoms in total. The second kappa shape index (κ2) is 9.88. The number of ether oxygens (including phenoxy) is 1. The Balaban J connectivity index is 1.86. The van der Waals surface area contributed by atoms with E-state index in [0.717, 1.165) is 40.9 Å². The van der Waals surface area contributed by atoms with E-state index in [2.05, 4.69) is 9.97 Å². The van der Waals surface area contributed by atoms with Gasteiger partial charge in [0.2, 0.25) is 0 Å². The molecule has 1 aliphatic rings. The summed E-state index contributed by atoms with van der Waals surface area (Å²) in [6.07, 6.45) is 6.99. The standard InChI is InChI=1S/C25H26Cl2N2O2/c1-16-10-11-20(27)13-21(16)25(31-15-30)22(17-6-3-2-4-7-17)24-23(28-14-29-24)18-8-5-9-19(26)12-18/h5,8-15,17,22,25H,2-4,6-7H2,1H3,(H,28,29). The summed E-state index contributed by atoms with van der Waals surface area (Å²) in [5, 5.41) is 1.29. The highest BCUT2D eigenvalue weighted by atomic mass is 35.5. The molecule has 1 saturated carbocycles. The number of nitrogens with one attached hydrogen (secondary N) is 1. The molecule has 1 heterocycles. The van der Waals surface area contributed by atoms with Crippen LogP contribution in [-0.2, 0) is 9.53 Å². The lowest BCUT2D eigenvalue weighted by molar-refractivity contribution is -0.136. The van der Waals surface area contributed by atoms with Crippen molar-refractivity contribution >= 4 is 29.7 Å². The Labute approximate surface area is 192 Å². The van der Waals surface area contributed by atoms with Gasteiger partial charge in [0.15, 0.2) is 0 Å². The predicted octanol–water partition coefficient (Wildman–Crippen LogP) is 7.27. The van der Waals surface area contributed by atoms with Gasteiger partial charge in [-0.2, -0.15) is 0 Å². The van der Waals surface area contributed by atoms with Gasteiger partial charge in [-0.15, -0.1) is 0 Å². The van der Waals surface area contributed by atoms with Crippen molar-refractivity contribution in [1.29, 1.82) is 0 Å². The normalized spacial score (nSPS) is 16.6. The van der Waals surface area contributed by atoms with Crippen LogP contribution in [-0.4, -0.2) is 16.4 Å². The molecule has 0 spiro atoms. The second-order valence-corrected chi connectivity index (χ2v) is 9.13. The molecule has 1 aliphatic carbocycles. The maximum atomic E-state index is 11.6. The molecule has 2 atom stereocenters. The Morgan fingerprint density at radius 1 is 1.10 bits per heavy atom. The molecule has 162 valence electrons. The van der Waals surface area contributed by atoms with Crippen LogP contribution in [0.1, 0.15) is 60.9 Å². The van der Waals surface area contributed by atoms with Gasteiger partial charge in [-0.05, 0) is 61.1 Å². The first-order valence-electron chi connectivity index (χ1n) is 10.7. The molecule has 2 aromatic carbocycles. The van der Waals surface area contributed by atoms with Crippen LogP contribution in [0.5, 0.6) is 0 Å². The average molecular weight is 457 g/mol. The fourth-order valence-corrected chi connectivity index (χ4v) is 5.25. The summed E-state index contributed by atoms with van der Waals surface area (Å²) in [6.45, 7) is 2.58. The van der Waals surface area contributed by atoms with Crippen molar-refractivity contribution in [2.24, 2.45) is 5.92 Å². The number of aromatic amines is 1. The summed E-state index contributed by atoms with van der Waals surface area (Å²) in [6, 6.07) is 13.4. The van der Waals surface area contributed by atoms with E-state index in [9.17, 15) is 4.79 Å². The number of rotatable bonds is 7. The molecule has 1 fully saturated rings. The van der Waals surface area contributed by atoms with E-state index >= 15 is 0 Å². The minimum absolute atomic E-state index is 0.0702. The van der Waals surface area contributed by atoms with Gasteiger partial charge in [0.25, 0.3) is 6.47 Å². The number of imidazole rings is 1. The number of carbonyl (C=O) groups is 1. The number of hydrogen-bond acceptors (Lipinski definition) is 3. The zero-order chi connectivity index (χ0) is 21.8. The number of benzene rings is 2. The highest BCUT2D eigenvalue weighted by molar-refractivity contribution is 6.31. The molecule has 31 heavy (non-hydrogen) atoms. The average Bonchev–Trinajstić information content (AvgIpc) is 3.25. The molecule has 0 amide bonds. The molecule has 4 rings (SSSR count). The topological polar surface area (TPSA) is 55.0 Å². The van der Waals surface area contributed by atoms with Crippen LogP contribution in [0.4, 0.5) is 0 Å². The van der Waals surface area contributed by atoms with Crippen LogP contribution in [0.15, 0.2) is 48.8 Å². The van der Waals surface area contributed by atoms with E-state index in [4.69, 9.17) is 27.9 Å². The summed E-state index contributed by atoms with van der Waals surface area (Å²) >= 11 is 12.6. The highest BCUT2D eigenvalue weighted by Crippen LogP contribution is 2.47. The van der Waals surface area contributed by atoms with E-state index < -0.39 is 6.10 Å². The molecular weight excluding hydrogens is 431 g/mol. The zero-order valence-corrected chi connectivity index (χ0v) is 19.0. The van der Waals surface area contributed by atoms with Gasteiger partial charge >= 0.3 is 0 Å². The molecule has 0 saturated heterocycles. The monoisotopic (exact) mass is 456 g/mol. The van der Waals surface area contributed by atoms with Crippen LogP contribution in [0.2, 0.25) is 10.0 Å². The van der Waals surface area contributed by atoms with Crippen molar-refractivity contribution in [3.63, 3.8) is 0 Å². The summed E-state index contributed by atoms with van der Waals surface area (Å²) in [5.74, 6) is 0.287. The van der Waals surface area contributed by atoms with Gasteiger partial charge in [-0.3, -0.25) is 4.79 Å². The number of H-pyrrole nitrogens is 1. The molecule has 3 aromatic rings. The zero-order valence-electron chi connectivity index (χ0n) is 17.5. The molecular formula is C25H26Cl2N2O2. The Morgan fingerprint density at radius 3 is 2.61 bits per heavy atom. The van der Waals surface area contributed by atoms with Crippen LogP contribution in [0.3, 0.4) is 0 Å². The Kier molecular flexibility index (Phi) is 6.99. The van der Waals surface area contributed by atoms with Crippen molar-refractivity contribution in [3.8, 4) is 11.3 Å². The van der Waals surface area contributed by atoms with Gasteiger partial charge in [0, 0.05) is 21.5 Å². The maximum Gasteiger partial charge on any atom is 0.293 e. The Bertz CT molecular complexity index is 1040. The minimum atomic E-state index is -0.460. The third-order valence-electron chi connectivity index (χ3n) is 6.33. The fourth-order valence-electron chi connectivity index (χ4n) is 4.88. The smallest absolute Gasteiger partial charge is 0.293 e. The molecule has 6 heteroatoms. The Morgan fingerprint density at radius 2 is 1.87 bits per heavy atom. The maximum absolute atomic E-state index is 11.6. The number of aryl methyl sites for hydroxylation is 1. The quantitative estimate of drug-likeness (QED) is 0.380. The fraction of sp³-hybridized carbons (Fsp3) is 0.360. The van der Waals surface area contributed by atoms with Crippen molar-refractivity contribution in [1.82, 2.24) is 9.97 Å². The van der Waals surface area contributed by atoms with E-state index in [0.29, 0.717) is 22.4 Å². The minimum Gasteiger partial charge on any atom is -0.459 e. The van der Waals surface area contributed by atoms with Crippen LogP contribution in [0, 0.1) is 12.8 Å². The first-order valence-corrected chi connectivity index (χ1v) is 11.5. The number of halogens is 2. The largest absolute Gasteiger partial charge is 0.459 e. The summed E-state index contributed by atoms with van der Waals surface area (Å²) in [7, 11) is 0. The van der Waals surface area contributed by atoms with E-state index in [1.807, 2.05) is 49.4 Å². The third kappa shape index (κ3) is 4.81. The van der Waals surface area contributed by atoms with Crippen LogP contribution in [0.25, 0.3) is 11.3 Å². The van der Waals surface area contributed by atoms with Gasteiger partial charge in [0.1, 0.15) is 6.10 Å². The summed E-state index contributed by atoms with van der Waals surface area (Å²) in [4.78, 5) is 19.7. The van der Waals surface area contributed by atoms with Gasteiger partial charge < -0.3 is 9.72 Å². The molecule has 1 aromatic heterocycles. The second-order valence-electron chi connectivity index (χ2n) is 8.25. The number of carbonyl (C=O) groups excluding carboxylic acids is 1. The first-order chi connectivity index (χ1) is 15.1. The third-order valence-corrected chi connectivity index (χ3v) is 6.80. The van der Waals surface area contributed by atoms with Crippen LogP contribution < -0.4 is 0 Å². The predicted molar refractivity (Wildman–Crippen MR) is 124 cm³/mol. The number of nitrogens with zero attached hydrogens (tertiary/aromatic N) is 1. The van der Waals surface area contributed by atoms with Crippen molar-refractivity contribution < 1.29 is 9.53 Å². The van der Waals surface area contributed by atoms with Crippen molar-refractivity contribution in [2.75, 3.05) is 0 Å². The highest BCUT2D eigenvalue weighted by Gasteiger charge is 2.37. The molecule has 0 radical (unpaired) electrons. The summed E-state index contributed by atoms with van der Waals surface area (Å²) in [5.41, 5.74) is 4.73. The van der Waals surface area contributed by atoms with Crippen LogP contribution >= 0.6 is 23.2 Å². The molecule has 0 aliphatic heterocycles. The lowest BCUT2D eigenvalue weighted by atomic mass is 9.73. The molecule has 0 bridgehead atoms. The molecule has 2 unspecified atom stereocenters. The van der Waals surface area contributed by atoms with E-state index in [1.54, 1.807) is 6.33 Å². The lowest BCUT2D eigenvalue weighted by Crippen LogP contribution is -2.26. The molecule has 1 N–H and O–H groups in total. The van der Waals surface area contributed by atoms with Gasteiger partial charge in [0.05, 0.1) is 17.7 Å². The van der Waals surface area contributed by atoms with Gasteiger partial charge in [-0.1, -0.05) is 60.7 Å². The Hall–Kier alpha value is -2.30. The lowest BCUT2D eigenvalue weighted by Gasteiger charge is -2.35. The van der Waals surface area contributed by atoms with Crippen molar-refractivity contribution in [2.45, 2.75) is 51.0 Å². The van der Waals surface area contributed by atoms with E-state index in [1.165, 1.54) is 19.3 Å². The number of hydrogen-bond donors (Lipinski definition) is 1. The number of aromatic nitrogens is 2. The van der Waals surface area contributed by atoms with Gasteiger partial charge in [-0.25, -0.2) is 4.98 Å². The summed E-state index contributed by atoms with van der Waals surface area (Å²) < 4.78 is 5.80. The SMILES string of the molecule is Cc1ccc(Cl)cc1C(OC=O)C(c1[nH]cnc1-c1cccc(Cl)c1)C1CCCCC1.